The predicted molar refractivity (Wildman–Crippen MR) is 106 cm³/mol. The highest BCUT2D eigenvalue weighted by Gasteiger charge is 2.55. The lowest BCUT2D eigenvalue weighted by Gasteiger charge is -2.26. The van der Waals surface area contributed by atoms with E-state index in [0.29, 0.717) is 0 Å². The van der Waals surface area contributed by atoms with Gasteiger partial charge in [-0.15, -0.1) is 0 Å². The first kappa shape index (κ1) is 21.4. The van der Waals surface area contributed by atoms with Crippen molar-refractivity contribution in [2.24, 2.45) is 0 Å². The highest BCUT2D eigenvalue weighted by Crippen LogP contribution is 2.36. The van der Waals surface area contributed by atoms with E-state index in [-0.39, 0.29) is 15.5 Å². The van der Waals surface area contributed by atoms with Gasteiger partial charge in [0.1, 0.15) is 10.9 Å². The van der Waals surface area contributed by atoms with Gasteiger partial charge in [0.2, 0.25) is 15.7 Å². The molecule has 0 saturated carbocycles. The molecule has 10 heteroatoms. The quantitative estimate of drug-likeness (QED) is 0.679. The van der Waals surface area contributed by atoms with Crippen molar-refractivity contribution in [3.05, 3.63) is 65.5 Å². The van der Waals surface area contributed by atoms with Crippen molar-refractivity contribution < 1.29 is 27.0 Å². The summed E-state index contributed by atoms with van der Waals surface area (Å²) in [5.41, 5.74) is -1.44. The van der Waals surface area contributed by atoms with Crippen molar-refractivity contribution in [2.75, 3.05) is 19.7 Å². The molecule has 1 aliphatic rings. The maximum Gasteiger partial charge on any atom is 0.233 e. The van der Waals surface area contributed by atoms with Crippen molar-refractivity contribution in [3.8, 4) is 0 Å². The molecule has 2 N–H and O–H groups in total. The van der Waals surface area contributed by atoms with E-state index < -0.39 is 50.4 Å². The van der Waals surface area contributed by atoms with E-state index in [2.05, 4.69) is 4.85 Å². The molecule has 0 amide bonds. The summed E-state index contributed by atoms with van der Waals surface area (Å²) in [6.45, 7) is 6.89. The van der Waals surface area contributed by atoms with Gasteiger partial charge >= 0.3 is 0 Å². The molecule has 1 saturated heterocycles. The van der Waals surface area contributed by atoms with Crippen molar-refractivity contribution >= 4 is 25.5 Å². The van der Waals surface area contributed by atoms with Crippen LogP contribution in [0.25, 0.3) is 4.85 Å². The third kappa shape index (κ3) is 3.68. The second kappa shape index (κ2) is 7.51. The van der Waals surface area contributed by atoms with Gasteiger partial charge in [-0.1, -0.05) is 42.0 Å². The van der Waals surface area contributed by atoms with E-state index in [1.54, 1.807) is 19.1 Å². The Kier molecular flexibility index (Phi) is 5.55. The van der Waals surface area contributed by atoms with E-state index in [0.717, 1.165) is 9.87 Å². The summed E-state index contributed by atoms with van der Waals surface area (Å²) >= 11 is 0. The van der Waals surface area contributed by atoms with Crippen LogP contribution in [0.15, 0.2) is 58.3 Å². The summed E-state index contributed by atoms with van der Waals surface area (Å²) in [6, 6.07) is 11.5. The van der Waals surface area contributed by atoms with Crippen molar-refractivity contribution in [1.29, 1.82) is 0 Å². The van der Waals surface area contributed by atoms with Crippen LogP contribution in [-0.4, -0.2) is 61.9 Å². The van der Waals surface area contributed by atoms with Gasteiger partial charge in [0.15, 0.2) is 9.84 Å². The Bertz CT molecular complexity index is 1170. The minimum atomic E-state index is -4.26. The van der Waals surface area contributed by atoms with E-state index in [4.69, 9.17) is 6.57 Å². The second-order valence-corrected chi connectivity index (χ2v) is 11.0. The minimum absolute atomic E-state index is 0.0687. The molecule has 0 aliphatic carbocycles. The summed E-state index contributed by atoms with van der Waals surface area (Å²) in [7, 11) is -8.40. The average molecular weight is 437 g/mol. The van der Waals surface area contributed by atoms with Gasteiger partial charge in [-0.2, -0.15) is 4.31 Å². The third-order valence-corrected chi connectivity index (χ3v) is 9.15. The summed E-state index contributed by atoms with van der Waals surface area (Å²) < 4.78 is 53.2. The number of aliphatic hydroxyl groups excluding tert-OH is 1. The fourth-order valence-corrected chi connectivity index (χ4v) is 7.03. The number of β-amino-alcohol motifs (C(OH)–C–C–N with tert-alkyl or cyclic N) is 1. The van der Waals surface area contributed by atoms with Crippen molar-refractivity contribution in [3.63, 3.8) is 0 Å². The van der Waals surface area contributed by atoms with Crippen LogP contribution < -0.4 is 0 Å². The maximum absolute atomic E-state index is 13.1. The van der Waals surface area contributed by atoms with Crippen LogP contribution in [0, 0.1) is 13.5 Å². The number of para-hydroxylation sites is 1. The van der Waals surface area contributed by atoms with Crippen molar-refractivity contribution in [1.82, 2.24) is 4.31 Å². The summed E-state index contributed by atoms with van der Waals surface area (Å²) in [6.07, 6.45) is 0. The Hall–Kier alpha value is -2.29. The highest BCUT2D eigenvalue weighted by molar-refractivity contribution is 7.92. The molecule has 2 atom stereocenters. The molecule has 2 aromatic rings. The molecule has 1 fully saturated rings. The Labute approximate surface area is 169 Å². The molecule has 2 aromatic carbocycles. The third-order valence-electron chi connectivity index (χ3n) is 5.02. The molecule has 8 nitrogen and oxygen atoms in total. The standard InChI is InChI=1S/C19H20N2O6S2/c1-14-7-9-15(10-8-14)28(24,25)18-11-21(12-19(18,23)13-22)29(26,27)17-6-4-3-5-16(17)20-2/h3-10,18,22-23H,11-13H2,1H3/t18-,19+/m0/s1. The predicted octanol–water partition coefficient (Wildman–Crippen LogP) is 1.12. The first-order valence-electron chi connectivity index (χ1n) is 8.67. The smallest absolute Gasteiger partial charge is 0.233 e. The Morgan fingerprint density at radius 1 is 1.14 bits per heavy atom. The van der Waals surface area contributed by atoms with Gasteiger partial charge in [0.25, 0.3) is 0 Å². The molecule has 29 heavy (non-hydrogen) atoms. The van der Waals surface area contributed by atoms with Crippen molar-refractivity contribution in [2.45, 2.75) is 27.6 Å². The topological polar surface area (TPSA) is 116 Å². The molecular formula is C19H20N2O6S2. The van der Waals surface area contributed by atoms with Crippen LogP contribution in [0.3, 0.4) is 0 Å². The molecule has 0 bridgehead atoms. The zero-order chi connectivity index (χ0) is 21.4. The summed E-state index contributed by atoms with van der Waals surface area (Å²) in [5, 5.41) is 19.0. The van der Waals surface area contributed by atoms with Gasteiger partial charge < -0.3 is 10.2 Å². The fraction of sp³-hybridized carbons (Fsp3) is 0.316. The lowest BCUT2D eigenvalue weighted by Crippen LogP contribution is -2.49. The largest absolute Gasteiger partial charge is 0.393 e. The van der Waals surface area contributed by atoms with Gasteiger partial charge in [0, 0.05) is 13.1 Å². The molecule has 0 spiro atoms. The molecule has 3 rings (SSSR count). The number of hydrogen-bond donors (Lipinski definition) is 2. The van der Waals surface area contributed by atoms with E-state index in [9.17, 15) is 27.0 Å². The number of nitrogens with zero attached hydrogens (tertiary/aromatic N) is 2. The maximum atomic E-state index is 13.1. The van der Waals surface area contributed by atoms with E-state index in [1.165, 1.54) is 36.4 Å². The zero-order valence-electron chi connectivity index (χ0n) is 15.6. The fourth-order valence-electron chi connectivity index (χ4n) is 3.35. The summed E-state index contributed by atoms with van der Waals surface area (Å²) in [5.74, 6) is 0. The first-order chi connectivity index (χ1) is 13.6. The van der Waals surface area contributed by atoms with Gasteiger partial charge in [-0.3, -0.25) is 0 Å². The second-order valence-electron chi connectivity index (χ2n) is 6.99. The molecule has 0 unspecified atom stereocenters. The SMILES string of the molecule is [C-]#[N+]c1ccccc1S(=O)(=O)N1C[C@H](S(=O)(=O)c2ccc(C)cc2)[C@](O)(CO)C1. The van der Waals surface area contributed by atoms with E-state index in [1.807, 2.05) is 0 Å². The van der Waals surface area contributed by atoms with Crippen LogP contribution in [-0.2, 0) is 19.9 Å². The number of aryl methyl sites for hydroxylation is 1. The number of rotatable bonds is 5. The van der Waals surface area contributed by atoms with Crippen LogP contribution in [0.1, 0.15) is 5.56 Å². The first-order valence-corrected chi connectivity index (χ1v) is 11.7. The van der Waals surface area contributed by atoms with Gasteiger partial charge in [-0.25, -0.2) is 21.7 Å². The molecule has 1 heterocycles. The molecular weight excluding hydrogens is 416 g/mol. The number of sulfonamides is 1. The Balaban J connectivity index is 2.04. The monoisotopic (exact) mass is 436 g/mol. The lowest BCUT2D eigenvalue weighted by molar-refractivity contribution is 0.00160. The number of benzene rings is 2. The molecule has 1 aliphatic heterocycles. The van der Waals surface area contributed by atoms with Gasteiger partial charge in [-0.05, 0) is 19.1 Å². The van der Waals surface area contributed by atoms with Crippen LogP contribution in [0.4, 0.5) is 5.69 Å². The number of hydrogen-bond acceptors (Lipinski definition) is 6. The van der Waals surface area contributed by atoms with E-state index >= 15 is 0 Å². The summed E-state index contributed by atoms with van der Waals surface area (Å²) in [4.78, 5) is 2.86. The zero-order valence-corrected chi connectivity index (χ0v) is 17.2. The molecule has 0 radical (unpaired) electrons. The van der Waals surface area contributed by atoms with Crippen LogP contribution in [0.2, 0.25) is 0 Å². The Morgan fingerprint density at radius 2 is 1.76 bits per heavy atom. The highest BCUT2D eigenvalue weighted by atomic mass is 32.2. The molecule has 0 aromatic heterocycles. The van der Waals surface area contributed by atoms with Gasteiger partial charge in [0.05, 0.1) is 23.0 Å². The number of aliphatic hydroxyl groups is 2. The minimum Gasteiger partial charge on any atom is -0.393 e. The lowest BCUT2D eigenvalue weighted by atomic mass is 10.1. The van der Waals surface area contributed by atoms with Crippen LogP contribution >= 0.6 is 0 Å². The van der Waals surface area contributed by atoms with Crippen LogP contribution in [0.5, 0.6) is 0 Å². The molecule has 154 valence electrons. The Morgan fingerprint density at radius 3 is 2.34 bits per heavy atom. The number of sulfone groups is 1. The normalized spacial score (nSPS) is 23.0. The average Bonchev–Trinajstić information content (AvgIpc) is 3.08.